The molecule has 0 radical (unpaired) electrons. The molecule has 0 saturated heterocycles. The Bertz CT molecular complexity index is 860. The second-order valence-corrected chi connectivity index (χ2v) is 16.5. The number of carbonyl (C=O) groups is 1. The number of quaternary nitrogens is 1. The van der Waals surface area contributed by atoms with Gasteiger partial charge in [-0.15, -0.1) is 0 Å². The first-order valence-corrected chi connectivity index (χ1v) is 21.7. The summed E-state index contributed by atoms with van der Waals surface area (Å²) in [5, 5.41) is 13.9. The monoisotopic (exact) mass is 716 g/mol. The van der Waals surface area contributed by atoms with E-state index in [0.29, 0.717) is 23.9 Å². The molecule has 290 valence electrons. The van der Waals surface area contributed by atoms with Crippen molar-refractivity contribution < 1.29 is 32.9 Å². The molecule has 3 unspecified atom stereocenters. The van der Waals surface area contributed by atoms with Crippen LogP contribution in [0.3, 0.4) is 0 Å². The van der Waals surface area contributed by atoms with Crippen molar-refractivity contribution in [3.63, 3.8) is 0 Å². The molecule has 0 fully saturated rings. The van der Waals surface area contributed by atoms with Gasteiger partial charge in [-0.25, -0.2) is 4.57 Å². The number of aliphatic hydroxyl groups is 1. The van der Waals surface area contributed by atoms with Crippen LogP contribution in [-0.2, 0) is 18.4 Å². The van der Waals surface area contributed by atoms with E-state index in [-0.39, 0.29) is 19.1 Å². The first-order chi connectivity index (χ1) is 23.5. The fourth-order valence-corrected chi connectivity index (χ4v) is 6.42. The van der Waals surface area contributed by atoms with E-state index in [2.05, 4.69) is 43.5 Å². The zero-order chi connectivity index (χ0) is 36.5. The zero-order valence-corrected chi connectivity index (χ0v) is 33.6. The van der Waals surface area contributed by atoms with Crippen molar-refractivity contribution in [2.75, 3.05) is 40.9 Å². The third kappa shape index (κ3) is 35.2. The minimum Gasteiger partial charge on any atom is -0.391 e. The highest BCUT2D eigenvalue weighted by molar-refractivity contribution is 7.47. The largest absolute Gasteiger partial charge is 0.472 e. The van der Waals surface area contributed by atoms with Gasteiger partial charge in [0.05, 0.1) is 39.9 Å². The number of amides is 1. The quantitative estimate of drug-likeness (QED) is 0.0258. The van der Waals surface area contributed by atoms with Gasteiger partial charge in [-0.1, -0.05) is 154 Å². The maximum atomic E-state index is 12.8. The summed E-state index contributed by atoms with van der Waals surface area (Å²) in [5.74, 6) is -0.158. The highest BCUT2D eigenvalue weighted by atomic mass is 31.2. The van der Waals surface area contributed by atoms with Gasteiger partial charge >= 0.3 is 7.82 Å². The lowest BCUT2D eigenvalue weighted by atomic mass is 10.0. The Morgan fingerprint density at radius 2 is 1.14 bits per heavy atom. The Labute approximate surface area is 303 Å². The number of allylic oxidation sites excluding steroid dienone is 4. The van der Waals surface area contributed by atoms with Crippen molar-refractivity contribution in [3.8, 4) is 0 Å². The third-order valence-corrected chi connectivity index (χ3v) is 9.96. The van der Waals surface area contributed by atoms with Crippen molar-refractivity contribution in [3.05, 3.63) is 24.3 Å². The lowest BCUT2D eigenvalue weighted by Crippen LogP contribution is -2.46. The van der Waals surface area contributed by atoms with Crippen LogP contribution in [0, 0.1) is 0 Å². The molecule has 0 aliphatic heterocycles. The first-order valence-electron chi connectivity index (χ1n) is 20.2. The fourth-order valence-electron chi connectivity index (χ4n) is 5.68. The summed E-state index contributed by atoms with van der Waals surface area (Å²) in [6.07, 6.45) is 36.2. The van der Waals surface area contributed by atoms with Gasteiger partial charge in [0.1, 0.15) is 13.2 Å². The molecule has 0 aromatic carbocycles. The molecule has 9 heteroatoms. The molecule has 3 N–H and O–H groups in total. The van der Waals surface area contributed by atoms with Crippen molar-refractivity contribution in [1.82, 2.24) is 5.32 Å². The van der Waals surface area contributed by atoms with Crippen LogP contribution in [0.1, 0.15) is 174 Å². The Hall–Kier alpha value is -1.02. The van der Waals surface area contributed by atoms with Gasteiger partial charge in [-0.2, -0.15) is 0 Å². The average Bonchev–Trinajstić information content (AvgIpc) is 3.04. The number of phosphoric ester groups is 1. The van der Waals surface area contributed by atoms with E-state index in [0.717, 1.165) is 51.4 Å². The minimum atomic E-state index is -4.31. The zero-order valence-electron chi connectivity index (χ0n) is 32.7. The number of phosphoric acid groups is 1. The van der Waals surface area contributed by atoms with Gasteiger partial charge in [0.2, 0.25) is 5.91 Å². The average molecular weight is 716 g/mol. The smallest absolute Gasteiger partial charge is 0.391 e. The summed E-state index contributed by atoms with van der Waals surface area (Å²) >= 11 is 0. The van der Waals surface area contributed by atoms with Gasteiger partial charge in [0.25, 0.3) is 0 Å². The molecule has 0 saturated carbocycles. The van der Waals surface area contributed by atoms with E-state index in [1.165, 1.54) is 96.3 Å². The van der Waals surface area contributed by atoms with Crippen LogP contribution in [0.25, 0.3) is 0 Å². The number of rotatable bonds is 36. The van der Waals surface area contributed by atoms with Gasteiger partial charge in [-0.05, 0) is 38.5 Å². The first kappa shape index (κ1) is 48.0. The van der Waals surface area contributed by atoms with Crippen LogP contribution in [0.4, 0.5) is 0 Å². The lowest BCUT2D eigenvalue weighted by molar-refractivity contribution is -0.870. The van der Waals surface area contributed by atoms with Crippen LogP contribution < -0.4 is 5.32 Å². The van der Waals surface area contributed by atoms with E-state index < -0.39 is 20.0 Å². The number of likely N-dealkylation sites (N-methyl/N-ethyl adjacent to an activating group) is 1. The second-order valence-electron chi connectivity index (χ2n) is 15.0. The van der Waals surface area contributed by atoms with Crippen LogP contribution >= 0.6 is 7.82 Å². The van der Waals surface area contributed by atoms with Gasteiger partial charge in [-0.3, -0.25) is 13.8 Å². The predicted molar refractivity (Wildman–Crippen MR) is 208 cm³/mol. The topological polar surface area (TPSA) is 105 Å². The molecule has 0 heterocycles. The van der Waals surface area contributed by atoms with E-state index in [1.54, 1.807) is 0 Å². The molecule has 3 atom stereocenters. The van der Waals surface area contributed by atoms with Crippen molar-refractivity contribution in [1.29, 1.82) is 0 Å². The summed E-state index contributed by atoms with van der Waals surface area (Å²) in [6, 6.07) is -0.762. The maximum Gasteiger partial charge on any atom is 0.472 e. The Kier molecular flexibility index (Phi) is 32.2. The van der Waals surface area contributed by atoms with Crippen molar-refractivity contribution in [2.45, 2.75) is 187 Å². The Morgan fingerprint density at radius 3 is 1.67 bits per heavy atom. The lowest BCUT2D eigenvalue weighted by Gasteiger charge is -2.26. The molecular formula is C40H80N2O6P+. The number of nitrogens with zero attached hydrogens (tertiary/aromatic N) is 1. The molecule has 1 amide bonds. The molecule has 0 aliphatic rings. The van der Waals surface area contributed by atoms with E-state index in [1.807, 2.05) is 21.1 Å². The van der Waals surface area contributed by atoms with Gasteiger partial charge in [0.15, 0.2) is 0 Å². The number of unbranched alkanes of at least 4 members (excludes halogenated alkanes) is 20. The van der Waals surface area contributed by atoms with Crippen LogP contribution in [0.5, 0.6) is 0 Å². The SMILES string of the molecule is CCCCC/C=C\C=C/CCCCCCCCC(=O)NC(COP(=O)(O)OCC[N+](C)(C)C)C(O)CCCCCCCCCCCCCC. The highest BCUT2D eigenvalue weighted by Gasteiger charge is 2.28. The molecule has 0 spiro atoms. The molecule has 0 aromatic heterocycles. The summed E-state index contributed by atoms with van der Waals surface area (Å²) < 4.78 is 23.5. The normalized spacial score (nSPS) is 14.8. The molecule has 0 aliphatic carbocycles. The second kappa shape index (κ2) is 32.9. The molecular weight excluding hydrogens is 635 g/mol. The van der Waals surface area contributed by atoms with E-state index in [9.17, 15) is 19.4 Å². The maximum absolute atomic E-state index is 12.8. The number of carbonyl (C=O) groups excluding carboxylic acids is 1. The van der Waals surface area contributed by atoms with E-state index in [4.69, 9.17) is 9.05 Å². The number of hydrogen-bond donors (Lipinski definition) is 3. The molecule has 8 nitrogen and oxygen atoms in total. The Balaban J connectivity index is 4.45. The van der Waals surface area contributed by atoms with Gasteiger partial charge in [0, 0.05) is 6.42 Å². The predicted octanol–water partition coefficient (Wildman–Crippen LogP) is 10.6. The number of hydrogen-bond acceptors (Lipinski definition) is 5. The molecule has 0 aromatic rings. The van der Waals surface area contributed by atoms with Crippen LogP contribution in [0.2, 0.25) is 0 Å². The molecule has 49 heavy (non-hydrogen) atoms. The minimum absolute atomic E-state index is 0.0724. The molecule has 0 rings (SSSR count). The van der Waals surface area contributed by atoms with Crippen molar-refractivity contribution >= 4 is 13.7 Å². The van der Waals surface area contributed by atoms with Gasteiger partial charge < -0.3 is 19.8 Å². The number of nitrogens with one attached hydrogen (secondary N) is 1. The number of aliphatic hydroxyl groups excluding tert-OH is 1. The Morgan fingerprint density at radius 1 is 0.694 bits per heavy atom. The summed E-state index contributed by atoms with van der Waals surface area (Å²) in [6.45, 7) is 4.83. The third-order valence-electron chi connectivity index (χ3n) is 8.98. The van der Waals surface area contributed by atoms with Crippen LogP contribution in [0.15, 0.2) is 24.3 Å². The van der Waals surface area contributed by atoms with Crippen molar-refractivity contribution in [2.24, 2.45) is 0 Å². The standard InChI is InChI=1S/C40H79N2O6P/c1-6-8-10-12-14-16-18-20-21-22-24-26-28-30-32-34-40(44)41-38(37-48-49(45,46)47-36-35-42(3,4)5)39(43)33-31-29-27-25-23-19-17-15-13-11-9-7-2/h14,16,18,20,38-39,43H,6-13,15,17,19,21-37H2,1-5H3,(H-,41,44,45,46)/p+1/b16-14-,20-18-. The summed E-state index contributed by atoms with van der Waals surface area (Å²) in [7, 11) is 1.60. The fraction of sp³-hybridized carbons (Fsp3) is 0.875. The highest BCUT2D eigenvalue weighted by Crippen LogP contribution is 2.43. The summed E-state index contributed by atoms with van der Waals surface area (Å²) in [4.78, 5) is 23.0. The van der Waals surface area contributed by atoms with Crippen LogP contribution in [-0.4, -0.2) is 73.4 Å². The summed E-state index contributed by atoms with van der Waals surface area (Å²) in [5.41, 5.74) is 0. The van der Waals surface area contributed by atoms with E-state index >= 15 is 0 Å². The molecule has 0 bridgehead atoms.